The molecule has 3 nitrogen and oxygen atoms in total. The number of thioether (sulfide) groups is 1. The van der Waals surface area contributed by atoms with Crippen molar-refractivity contribution in [3.05, 3.63) is 30.6 Å². The summed E-state index contributed by atoms with van der Waals surface area (Å²) < 4.78 is 0. The first-order valence-electron chi connectivity index (χ1n) is 7.85. The van der Waals surface area contributed by atoms with Crippen molar-refractivity contribution in [1.82, 2.24) is 9.97 Å². The van der Waals surface area contributed by atoms with Gasteiger partial charge in [-0.2, -0.15) is 0 Å². The van der Waals surface area contributed by atoms with Crippen molar-refractivity contribution >= 4 is 28.4 Å². The van der Waals surface area contributed by atoms with Gasteiger partial charge in [0.1, 0.15) is 17.1 Å². The van der Waals surface area contributed by atoms with Crippen LogP contribution in [0.4, 0.5) is 0 Å². The number of hydrogen-bond acceptors (Lipinski definition) is 4. The number of ketones is 1. The summed E-state index contributed by atoms with van der Waals surface area (Å²) in [7, 11) is 0. The Hall–Kier alpha value is -1.42. The molecular formula is C18H20N2OS. The molecule has 22 heavy (non-hydrogen) atoms. The van der Waals surface area contributed by atoms with Crippen LogP contribution in [-0.2, 0) is 4.79 Å². The first-order chi connectivity index (χ1) is 10.4. The van der Waals surface area contributed by atoms with Crippen LogP contribution in [0.5, 0.6) is 0 Å². The van der Waals surface area contributed by atoms with E-state index in [1.807, 2.05) is 24.3 Å². The van der Waals surface area contributed by atoms with Crippen LogP contribution in [0.3, 0.4) is 0 Å². The Bertz CT molecular complexity index is 767. The van der Waals surface area contributed by atoms with Crippen LogP contribution in [0.1, 0.15) is 33.6 Å². The molecule has 1 aromatic heterocycles. The second-order valence-corrected chi connectivity index (χ2v) is 8.42. The van der Waals surface area contributed by atoms with Gasteiger partial charge in [0.2, 0.25) is 0 Å². The Balaban J connectivity index is 1.76. The van der Waals surface area contributed by atoms with Crippen LogP contribution in [0.25, 0.3) is 10.9 Å². The Morgan fingerprint density at radius 3 is 2.68 bits per heavy atom. The van der Waals surface area contributed by atoms with Crippen LogP contribution < -0.4 is 0 Å². The molecule has 2 aliphatic carbocycles. The Labute approximate surface area is 134 Å². The lowest BCUT2D eigenvalue weighted by Gasteiger charge is -2.37. The summed E-state index contributed by atoms with van der Waals surface area (Å²) in [5, 5.41) is 2.00. The Morgan fingerprint density at radius 2 is 1.95 bits per heavy atom. The molecule has 0 saturated heterocycles. The SMILES string of the molecule is CC1(C)C2CCC1(C)C(Sc1ncnc3ccccc13)C2=O. The zero-order chi connectivity index (χ0) is 15.5. The lowest BCUT2D eigenvalue weighted by atomic mass is 9.71. The first-order valence-corrected chi connectivity index (χ1v) is 8.73. The summed E-state index contributed by atoms with van der Waals surface area (Å²) in [6, 6.07) is 8.03. The molecular weight excluding hydrogens is 292 g/mol. The summed E-state index contributed by atoms with van der Waals surface area (Å²) in [4.78, 5) is 21.7. The van der Waals surface area contributed by atoms with Gasteiger partial charge in [0.25, 0.3) is 0 Å². The number of benzene rings is 1. The number of fused-ring (bicyclic) bond motifs is 3. The molecule has 1 aromatic carbocycles. The molecule has 2 aromatic rings. The smallest absolute Gasteiger partial charge is 0.150 e. The van der Waals surface area contributed by atoms with E-state index < -0.39 is 0 Å². The van der Waals surface area contributed by atoms with Crippen molar-refractivity contribution in [3.63, 3.8) is 0 Å². The lowest BCUT2D eigenvalue weighted by Crippen LogP contribution is -2.35. The van der Waals surface area contributed by atoms with Gasteiger partial charge in [0.15, 0.2) is 0 Å². The number of para-hydroxylation sites is 1. The minimum Gasteiger partial charge on any atom is -0.298 e. The molecule has 0 N–H and O–H groups in total. The van der Waals surface area contributed by atoms with Crippen LogP contribution in [0.2, 0.25) is 0 Å². The van der Waals surface area contributed by atoms with Crippen molar-refractivity contribution in [1.29, 1.82) is 0 Å². The number of carbonyl (C=O) groups is 1. The van der Waals surface area contributed by atoms with E-state index in [0.29, 0.717) is 5.78 Å². The first kappa shape index (κ1) is 14.2. The molecule has 2 saturated carbocycles. The van der Waals surface area contributed by atoms with Gasteiger partial charge < -0.3 is 0 Å². The van der Waals surface area contributed by atoms with Crippen molar-refractivity contribution in [2.24, 2.45) is 16.7 Å². The van der Waals surface area contributed by atoms with E-state index >= 15 is 0 Å². The number of Topliss-reactive ketones (excluding diaryl/α,β-unsaturated/α-hetero) is 1. The summed E-state index contributed by atoms with van der Waals surface area (Å²) in [6.07, 6.45) is 3.79. The molecule has 114 valence electrons. The predicted molar refractivity (Wildman–Crippen MR) is 88.8 cm³/mol. The quantitative estimate of drug-likeness (QED) is 0.783. The van der Waals surface area contributed by atoms with Crippen molar-refractivity contribution in [3.8, 4) is 0 Å². The third-order valence-corrected chi connectivity index (χ3v) is 7.75. The summed E-state index contributed by atoms with van der Waals surface area (Å²) in [5.41, 5.74) is 1.09. The predicted octanol–water partition coefficient (Wildman–Crippen LogP) is 4.12. The molecule has 2 aliphatic rings. The Kier molecular flexibility index (Phi) is 2.93. The topological polar surface area (TPSA) is 42.9 Å². The third kappa shape index (κ3) is 1.67. The molecule has 0 aliphatic heterocycles. The standard InChI is InChI=1S/C18H20N2OS/c1-17(2)12-8-9-18(17,3)15(14(12)21)22-16-11-6-4-5-7-13(11)19-10-20-16/h4-7,10,12,15H,8-9H2,1-3H3. The maximum atomic E-state index is 12.9. The van der Waals surface area contributed by atoms with E-state index in [1.165, 1.54) is 0 Å². The molecule has 3 unspecified atom stereocenters. The summed E-state index contributed by atoms with van der Waals surface area (Å²) in [5.74, 6) is 0.634. The number of rotatable bonds is 2. The van der Waals surface area contributed by atoms with Gasteiger partial charge in [0, 0.05) is 11.3 Å². The Morgan fingerprint density at radius 1 is 1.18 bits per heavy atom. The summed E-state index contributed by atoms with van der Waals surface area (Å²) in [6.45, 7) is 6.82. The van der Waals surface area contributed by atoms with Crippen molar-refractivity contribution < 1.29 is 4.79 Å². The number of aromatic nitrogens is 2. The van der Waals surface area contributed by atoms with Gasteiger partial charge in [-0.15, -0.1) is 0 Å². The molecule has 0 spiro atoms. The average molecular weight is 312 g/mol. The van der Waals surface area contributed by atoms with Crippen LogP contribution in [-0.4, -0.2) is 21.0 Å². The fourth-order valence-electron chi connectivity index (χ4n) is 4.36. The van der Waals surface area contributed by atoms with Crippen LogP contribution in [0, 0.1) is 16.7 Å². The number of nitrogens with zero attached hydrogens (tertiary/aromatic N) is 2. The summed E-state index contributed by atoms with van der Waals surface area (Å²) >= 11 is 1.65. The second-order valence-electron chi connectivity index (χ2n) is 7.33. The molecule has 2 bridgehead atoms. The van der Waals surface area contributed by atoms with Crippen molar-refractivity contribution in [2.75, 3.05) is 0 Å². The second kappa shape index (κ2) is 4.54. The van der Waals surface area contributed by atoms with Crippen LogP contribution in [0.15, 0.2) is 35.6 Å². The highest BCUT2D eigenvalue weighted by molar-refractivity contribution is 8.00. The van der Waals surface area contributed by atoms with E-state index in [2.05, 4.69) is 30.7 Å². The molecule has 1 heterocycles. The fourth-order valence-corrected chi connectivity index (χ4v) is 5.96. The lowest BCUT2D eigenvalue weighted by molar-refractivity contribution is -0.122. The minimum atomic E-state index is 0.0135. The highest BCUT2D eigenvalue weighted by atomic mass is 32.2. The molecule has 0 amide bonds. The maximum Gasteiger partial charge on any atom is 0.150 e. The van der Waals surface area contributed by atoms with E-state index in [-0.39, 0.29) is 22.0 Å². The van der Waals surface area contributed by atoms with Crippen LogP contribution >= 0.6 is 11.8 Å². The highest BCUT2D eigenvalue weighted by Crippen LogP contribution is 2.67. The van der Waals surface area contributed by atoms with Gasteiger partial charge in [-0.05, 0) is 29.7 Å². The third-order valence-electron chi connectivity index (χ3n) is 6.21. The van der Waals surface area contributed by atoms with Gasteiger partial charge in [-0.1, -0.05) is 50.7 Å². The van der Waals surface area contributed by atoms with Crippen molar-refractivity contribution in [2.45, 2.75) is 43.9 Å². The maximum absolute atomic E-state index is 12.9. The number of hydrogen-bond donors (Lipinski definition) is 0. The number of carbonyl (C=O) groups excluding carboxylic acids is 1. The zero-order valence-corrected chi connectivity index (χ0v) is 14.0. The minimum absolute atomic E-state index is 0.0135. The zero-order valence-electron chi connectivity index (χ0n) is 13.2. The van der Waals surface area contributed by atoms with E-state index in [0.717, 1.165) is 28.8 Å². The normalized spacial score (nSPS) is 32.8. The monoisotopic (exact) mass is 312 g/mol. The molecule has 3 atom stereocenters. The highest BCUT2D eigenvalue weighted by Gasteiger charge is 2.66. The molecule has 2 fully saturated rings. The average Bonchev–Trinajstić information content (AvgIpc) is 2.81. The van der Waals surface area contributed by atoms with Gasteiger partial charge in [-0.3, -0.25) is 4.79 Å². The van der Waals surface area contributed by atoms with E-state index in [9.17, 15) is 4.79 Å². The molecule has 4 heteroatoms. The fraction of sp³-hybridized carbons (Fsp3) is 0.500. The van der Waals surface area contributed by atoms with Gasteiger partial charge in [0.05, 0.1) is 10.8 Å². The molecule has 0 radical (unpaired) electrons. The van der Waals surface area contributed by atoms with E-state index in [1.54, 1.807) is 18.1 Å². The largest absolute Gasteiger partial charge is 0.298 e. The van der Waals surface area contributed by atoms with Gasteiger partial charge in [-0.25, -0.2) is 9.97 Å². The van der Waals surface area contributed by atoms with Gasteiger partial charge >= 0.3 is 0 Å². The van der Waals surface area contributed by atoms with E-state index in [4.69, 9.17) is 0 Å². The molecule has 4 rings (SSSR count).